The van der Waals surface area contributed by atoms with Crippen LogP contribution in [0.3, 0.4) is 0 Å². The molecule has 3 nitrogen and oxygen atoms in total. The number of hydrogen-bond donors (Lipinski definition) is 1. The smallest absolute Gasteiger partial charge is 0.0781 e. The first-order chi connectivity index (χ1) is 8.27. The van der Waals surface area contributed by atoms with Crippen molar-refractivity contribution in [2.75, 3.05) is 26.9 Å². The monoisotopic (exact) mass is 243 g/mol. The molecule has 0 radical (unpaired) electrons. The second-order valence-electron chi connectivity index (χ2n) is 5.20. The molecule has 2 atom stereocenters. The molecule has 1 aliphatic rings. The zero-order valence-corrected chi connectivity index (χ0v) is 11.7. The van der Waals surface area contributed by atoms with Gasteiger partial charge in [0.2, 0.25) is 0 Å². The summed E-state index contributed by atoms with van der Waals surface area (Å²) < 4.78 is 11.0. The fraction of sp³-hybridized carbons (Fsp3) is 1.00. The molecule has 1 saturated carbocycles. The summed E-state index contributed by atoms with van der Waals surface area (Å²) in [5.74, 6) is 0.816. The topological polar surface area (TPSA) is 30.5 Å². The predicted molar refractivity (Wildman–Crippen MR) is 71.3 cm³/mol. The van der Waals surface area contributed by atoms with Crippen molar-refractivity contribution in [3.63, 3.8) is 0 Å². The van der Waals surface area contributed by atoms with Crippen LogP contribution in [0.15, 0.2) is 0 Å². The van der Waals surface area contributed by atoms with Crippen LogP contribution in [0, 0.1) is 5.92 Å². The van der Waals surface area contributed by atoms with Gasteiger partial charge in [-0.25, -0.2) is 0 Å². The Balaban J connectivity index is 2.29. The van der Waals surface area contributed by atoms with E-state index in [2.05, 4.69) is 19.2 Å². The molecule has 1 aliphatic carbocycles. The highest BCUT2D eigenvalue weighted by molar-refractivity contribution is 4.80. The van der Waals surface area contributed by atoms with Gasteiger partial charge in [-0.2, -0.15) is 0 Å². The van der Waals surface area contributed by atoms with Gasteiger partial charge >= 0.3 is 0 Å². The van der Waals surface area contributed by atoms with Gasteiger partial charge in [0, 0.05) is 13.2 Å². The first-order valence-electron chi connectivity index (χ1n) is 7.11. The number of rotatable bonds is 9. The average Bonchev–Trinajstić information content (AvgIpc) is 2.83. The Bertz CT molecular complexity index is 181. The number of hydrogen-bond acceptors (Lipinski definition) is 3. The molecule has 1 rings (SSSR count). The molecule has 0 bridgehead atoms. The third kappa shape index (κ3) is 5.84. The molecule has 0 aromatic rings. The summed E-state index contributed by atoms with van der Waals surface area (Å²) in [5, 5.41) is 3.64. The molecule has 102 valence electrons. The summed E-state index contributed by atoms with van der Waals surface area (Å²) in [7, 11) is 1.73. The van der Waals surface area contributed by atoms with Gasteiger partial charge in [0.15, 0.2) is 0 Å². The number of methoxy groups -OCH3 is 1. The van der Waals surface area contributed by atoms with Crippen molar-refractivity contribution in [3.05, 3.63) is 0 Å². The molecule has 1 fully saturated rings. The third-order valence-electron chi connectivity index (χ3n) is 3.59. The van der Waals surface area contributed by atoms with Crippen molar-refractivity contribution < 1.29 is 9.47 Å². The highest BCUT2D eigenvalue weighted by Gasteiger charge is 2.25. The van der Waals surface area contributed by atoms with Crippen molar-refractivity contribution >= 4 is 0 Å². The maximum atomic E-state index is 5.87. The Morgan fingerprint density at radius 2 is 1.94 bits per heavy atom. The van der Waals surface area contributed by atoms with Gasteiger partial charge in [-0.3, -0.25) is 0 Å². The Hall–Kier alpha value is -0.120. The normalized spacial score (nSPS) is 20.6. The van der Waals surface area contributed by atoms with Gasteiger partial charge in [-0.15, -0.1) is 0 Å². The Labute approximate surface area is 106 Å². The minimum atomic E-state index is 0.201. The maximum absolute atomic E-state index is 5.87. The lowest BCUT2D eigenvalue weighted by Crippen LogP contribution is -2.40. The molecular formula is C14H29NO2. The lowest BCUT2D eigenvalue weighted by molar-refractivity contribution is -0.00674. The maximum Gasteiger partial charge on any atom is 0.0781 e. The Morgan fingerprint density at radius 3 is 2.53 bits per heavy atom. The summed E-state index contributed by atoms with van der Waals surface area (Å²) >= 11 is 0. The highest BCUT2D eigenvalue weighted by Crippen LogP contribution is 2.28. The summed E-state index contributed by atoms with van der Waals surface area (Å²) in [4.78, 5) is 0. The van der Waals surface area contributed by atoms with E-state index >= 15 is 0 Å². The van der Waals surface area contributed by atoms with Gasteiger partial charge in [-0.05, 0) is 38.6 Å². The summed E-state index contributed by atoms with van der Waals surface area (Å²) in [5.41, 5.74) is 0. The van der Waals surface area contributed by atoms with E-state index in [1.165, 1.54) is 32.1 Å². The van der Waals surface area contributed by atoms with Crippen LogP contribution >= 0.6 is 0 Å². The third-order valence-corrected chi connectivity index (χ3v) is 3.59. The van der Waals surface area contributed by atoms with Gasteiger partial charge < -0.3 is 14.8 Å². The second kappa shape index (κ2) is 8.90. The molecule has 0 aliphatic heterocycles. The van der Waals surface area contributed by atoms with Crippen LogP contribution < -0.4 is 5.32 Å². The molecule has 2 unspecified atom stereocenters. The molecule has 17 heavy (non-hydrogen) atoms. The van der Waals surface area contributed by atoms with Crippen LogP contribution in [-0.4, -0.2) is 39.0 Å². The van der Waals surface area contributed by atoms with E-state index in [0.717, 1.165) is 19.1 Å². The fourth-order valence-electron chi connectivity index (χ4n) is 2.60. The van der Waals surface area contributed by atoms with Crippen LogP contribution in [0.5, 0.6) is 0 Å². The minimum absolute atomic E-state index is 0.201. The summed E-state index contributed by atoms with van der Waals surface area (Å²) in [6, 6.07) is 0.539. The molecule has 1 N–H and O–H groups in total. The van der Waals surface area contributed by atoms with Crippen molar-refractivity contribution in [1.82, 2.24) is 5.32 Å². The molecular weight excluding hydrogens is 214 g/mol. The first-order valence-corrected chi connectivity index (χ1v) is 7.11. The number of nitrogens with one attached hydrogen (secondary N) is 1. The summed E-state index contributed by atoms with van der Waals surface area (Å²) in [6.07, 6.45) is 6.90. The van der Waals surface area contributed by atoms with Crippen molar-refractivity contribution in [2.24, 2.45) is 5.92 Å². The molecule has 0 amide bonds. The van der Waals surface area contributed by atoms with E-state index < -0.39 is 0 Å². The lowest BCUT2D eigenvalue weighted by Gasteiger charge is -2.26. The van der Waals surface area contributed by atoms with Crippen LogP contribution in [0.2, 0.25) is 0 Å². The van der Waals surface area contributed by atoms with E-state index in [9.17, 15) is 0 Å². The first kappa shape index (κ1) is 14.9. The van der Waals surface area contributed by atoms with E-state index in [0.29, 0.717) is 12.6 Å². The molecule has 0 aromatic carbocycles. The highest BCUT2D eigenvalue weighted by atomic mass is 16.5. The van der Waals surface area contributed by atoms with Crippen LogP contribution in [0.1, 0.15) is 46.0 Å². The minimum Gasteiger partial charge on any atom is -0.382 e. The van der Waals surface area contributed by atoms with Gasteiger partial charge in [-0.1, -0.05) is 19.8 Å². The van der Waals surface area contributed by atoms with Gasteiger partial charge in [0.05, 0.1) is 19.3 Å². The summed E-state index contributed by atoms with van der Waals surface area (Å²) in [6.45, 7) is 6.91. The van der Waals surface area contributed by atoms with Crippen molar-refractivity contribution in [1.29, 1.82) is 0 Å². The lowest BCUT2D eigenvalue weighted by atomic mass is 9.98. The Morgan fingerprint density at radius 1 is 1.24 bits per heavy atom. The van der Waals surface area contributed by atoms with Crippen LogP contribution in [-0.2, 0) is 9.47 Å². The van der Waals surface area contributed by atoms with E-state index in [1.807, 2.05) is 0 Å². The quantitative estimate of drug-likeness (QED) is 0.675. The van der Waals surface area contributed by atoms with Crippen molar-refractivity contribution in [2.45, 2.75) is 58.1 Å². The van der Waals surface area contributed by atoms with Crippen LogP contribution in [0.4, 0.5) is 0 Å². The van der Waals surface area contributed by atoms with E-state index in [4.69, 9.17) is 9.47 Å². The standard InChI is InChI=1S/C14H29NO2/c1-4-9-15-14(13-7-5-6-8-13)11-17-12(2)10-16-3/h12-15H,4-11H2,1-3H3. The molecule has 0 spiro atoms. The van der Waals surface area contributed by atoms with Crippen LogP contribution in [0.25, 0.3) is 0 Å². The Kier molecular flexibility index (Phi) is 7.82. The zero-order valence-electron chi connectivity index (χ0n) is 11.7. The molecule has 3 heteroatoms. The van der Waals surface area contributed by atoms with Gasteiger partial charge in [0.1, 0.15) is 0 Å². The van der Waals surface area contributed by atoms with Gasteiger partial charge in [0.25, 0.3) is 0 Å². The molecule has 0 aromatic heterocycles. The predicted octanol–water partition coefficient (Wildman–Crippen LogP) is 2.60. The largest absolute Gasteiger partial charge is 0.382 e. The van der Waals surface area contributed by atoms with E-state index in [1.54, 1.807) is 7.11 Å². The average molecular weight is 243 g/mol. The molecule has 0 heterocycles. The zero-order chi connectivity index (χ0) is 12.5. The second-order valence-corrected chi connectivity index (χ2v) is 5.20. The van der Waals surface area contributed by atoms with Crippen molar-refractivity contribution in [3.8, 4) is 0 Å². The van der Waals surface area contributed by atoms with E-state index in [-0.39, 0.29) is 6.10 Å². The fourth-order valence-corrected chi connectivity index (χ4v) is 2.60. The molecule has 0 saturated heterocycles. The number of ether oxygens (including phenoxy) is 2. The SMILES string of the molecule is CCCNC(COC(C)COC)C1CCCC1.